The minimum atomic E-state index is -3.50. The first-order chi connectivity index (χ1) is 10.6. The zero-order chi connectivity index (χ0) is 16.0. The second-order valence-electron chi connectivity index (χ2n) is 5.59. The molecule has 22 heavy (non-hydrogen) atoms. The molecule has 1 aliphatic rings. The van der Waals surface area contributed by atoms with Crippen molar-refractivity contribution >= 4 is 10.2 Å². The van der Waals surface area contributed by atoms with E-state index in [2.05, 4.69) is 21.8 Å². The van der Waals surface area contributed by atoms with Crippen LogP contribution in [0.1, 0.15) is 32.0 Å². The Morgan fingerprint density at radius 2 is 2.32 bits per heavy atom. The fourth-order valence-corrected chi connectivity index (χ4v) is 3.98. The van der Waals surface area contributed by atoms with Crippen LogP contribution in [0.4, 0.5) is 0 Å². The van der Waals surface area contributed by atoms with Crippen molar-refractivity contribution in [2.24, 2.45) is 5.92 Å². The maximum Gasteiger partial charge on any atom is 0.279 e. The van der Waals surface area contributed by atoms with Crippen molar-refractivity contribution in [3.8, 4) is 0 Å². The van der Waals surface area contributed by atoms with E-state index in [1.54, 1.807) is 13.4 Å². The molecule has 0 spiro atoms. The topological polar surface area (TPSA) is 89.3 Å². The lowest BCUT2D eigenvalue weighted by Crippen LogP contribution is -2.46. The SMILES string of the molecule is CCCn1cnnc1CNS(=O)(=O)N1CCCC(COC)C1. The summed E-state index contributed by atoms with van der Waals surface area (Å²) in [7, 11) is -1.85. The number of ether oxygens (including phenoxy) is 1. The van der Waals surface area contributed by atoms with Gasteiger partial charge in [0.2, 0.25) is 0 Å². The van der Waals surface area contributed by atoms with Gasteiger partial charge in [-0.25, -0.2) is 0 Å². The van der Waals surface area contributed by atoms with Gasteiger partial charge >= 0.3 is 0 Å². The molecular formula is C13H25N5O3S. The van der Waals surface area contributed by atoms with Gasteiger partial charge in [-0.1, -0.05) is 6.92 Å². The minimum Gasteiger partial charge on any atom is -0.384 e. The molecule has 1 atom stereocenters. The van der Waals surface area contributed by atoms with Gasteiger partial charge in [-0.2, -0.15) is 17.4 Å². The molecule has 1 N–H and O–H groups in total. The highest BCUT2D eigenvalue weighted by atomic mass is 32.2. The molecule has 1 aromatic rings. The monoisotopic (exact) mass is 331 g/mol. The summed E-state index contributed by atoms with van der Waals surface area (Å²) in [6.45, 7) is 4.65. The normalized spacial score (nSPS) is 20.4. The summed E-state index contributed by atoms with van der Waals surface area (Å²) in [5, 5.41) is 7.81. The Bertz CT molecular complexity index is 558. The lowest BCUT2D eigenvalue weighted by molar-refractivity contribution is 0.118. The van der Waals surface area contributed by atoms with Gasteiger partial charge in [-0.05, 0) is 25.2 Å². The van der Waals surface area contributed by atoms with E-state index in [4.69, 9.17) is 4.74 Å². The summed E-state index contributed by atoms with van der Waals surface area (Å²) in [4.78, 5) is 0. The maximum absolute atomic E-state index is 12.4. The van der Waals surface area contributed by atoms with Crippen LogP contribution < -0.4 is 4.72 Å². The Kier molecular flexibility index (Phi) is 6.30. The number of hydrogen-bond donors (Lipinski definition) is 1. The van der Waals surface area contributed by atoms with Crippen LogP contribution in [0.3, 0.4) is 0 Å². The van der Waals surface area contributed by atoms with E-state index in [1.807, 2.05) is 4.57 Å². The standard InChI is InChI=1S/C13H25N5O3S/c1-3-6-17-11-14-16-13(17)8-15-22(19,20)18-7-4-5-12(9-18)10-21-2/h11-12,15H,3-10H2,1-2H3. The largest absolute Gasteiger partial charge is 0.384 e. The Hall–Kier alpha value is -1.03. The summed E-state index contributed by atoms with van der Waals surface area (Å²) in [6.07, 6.45) is 4.44. The second-order valence-corrected chi connectivity index (χ2v) is 7.34. The van der Waals surface area contributed by atoms with Gasteiger partial charge in [0, 0.05) is 26.7 Å². The Morgan fingerprint density at radius 1 is 1.50 bits per heavy atom. The van der Waals surface area contributed by atoms with E-state index in [9.17, 15) is 8.42 Å². The molecule has 0 bridgehead atoms. The van der Waals surface area contributed by atoms with Gasteiger partial charge in [0.05, 0.1) is 13.2 Å². The molecule has 1 aliphatic heterocycles. The van der Waals surface area contributed by atoms with Crippen LogP contribution in [0.25, 0.3) is 0 Å². The van der Waals surface area contributed by atoms with Crippen LogP contribution >= 0.6 is 0 Å². The van der Waals surface area contributed by atoms with Crippen molar-refractivity contribution in [3.63, 3.8) is 0 Å². The van der Waals surface area contributed by atoms with Crippen molar-refractivity contribution in [3.05, 3.63) is 12.2 Å². The molecule has 1 fully saturated rings. The zero-order valence-corrected chi connectivity index (χ0v) is 14.0. The lowest BCUT2D eigenvalue weighted by Gasteiger charge is -2.31. The fraction of sp³-hybridized carbons (Fsp3) is 0.846. The molecule has 1 aromatic heterocycles. The van der Waals surface area contributed by atoms with E-state index in [0.29, 0.717) is 25.5 Å². The van der Waals surface area contributed by atoms with Crippen LogP contribution in [0, 0.1) is 5.92 Å². The Morgan fingerprint density at radius 3 is 3.05 bits per heavy atom. The van der Waals surface area contributed by atoms with Crippen LogP contribution in [-0.4, -0.2) is 54.3 Å². The lowest BCUT2D eigenvalue weighted by atomic mass is 10.0. The quantitative estimate of drug-likeness (QED) is 0.744. The van der Waals surface area contributed by atoms with Gasteiger partial charge in [-0.3, -0.25) is 0 Å². The zero-order valence-electron chi connectivity index (χ0n) is 13.2. The summed E-state index contributed by atoms with van der Waals surface area (Å²) in [5.74, 6) is 0.898. The second kappa shape index (κ2) is 8.00. The first-order valence-corrected chi connectivity index (χ1v) is 9.11. The molecule has 0 aromatic carbocycles. The highest BCUT2D eigenvalue weighted by Gasteiger charge is 2.28. The van der Waals surface area contributed by atoms with Crippen LogP contribution in [0.2, 0.25) is 0 Å². The van der Waals surface area contributed by atoms with Crippen molar-refractivity contribution in [2.45, 2.75) is 39.3 Å². The maximum atomic E-state index is 12.4. The van der Waals surface area contributed by atoms with E-state index in [-0.39, 0.29) is 12.5 Å². The van der Waals surface area contributed by atoms with Crippen molar-refractivity contribution in [2.75, 3.05) is 26.8 Å². The van der Waals surface area contributed by atoms with Gasteiger partial charge in [0.15, 0.2) is 0 Å². The van der Waals surface area contributed by atoms with Crippen LogP contribution in [-0.2, 0) is 28.0 Å². The van der Waals surface area contributed by atoms with Gasteiger partial charge in [-0.15, -0.1) is 10.2 Å². The number of aromatic nitrogens is 3. The molecule has 0 saturated carbocycles. The van der Waals surface area contributed by atoms with Gasteiger partial charge in [0.1, 0.15) is 12.2 Å². The molecule has 9 heteroatoms. The molecule has 2 heterocycles. The first kappa shape index (κ1) is 17.3. The minimum absolute atomic E-state index is 0.160. The molecule has 126 valence electrons. The average molecular weight is 331 g/mol. The third-order valence-electron chi connectivity index (χ3n) is 3.80. The van der Waals surface area contributed by atoms with Crippen molar-refractivity contribution in [1.82, 2.24) is 23.8 Å². The first-order valence-electron chi connectivity index (χ1n) is 7.67. The number of nitrogens with zero attached hydrogens (tertiary/aromatic N) is 4. The van der Waals surface area contributed by atoms with Crippen LogP contribution in [0.5, 0.6) is 0 Å². The highest BCUT2D eigenvalue weighted by molar-refractivity contribution is 7.87. The predicted octanol–water partition coefficient (Wildman–Crippen LogP) is 0.381. The molecule has 0 aliphatic carbocycles. The van der Waals surface area contributed by atoms with E-state index in [1.165, 1.54) is 4.31 Å². The van der Waals surface area contributed by atoms with Gasteiger partial charge < -0.3 is 9.30 Å². The number of aryl methyl sites for hydroxylation is 1. The molecule has 8 nitrogen and oxygen atoms in total. The number of hydrogen-bond acceptors (Lipinski definition) is 5. The molecule has 1 saturated heterocycles. The summed E-state index contributed by atoms with van der Waals surface area (Å²) in [5.41, 5.74) is 0. The third kappa shape index (κ3) is 4.48. The van der Waals surface area contributed by atoms with E-state index in [0.717, 1.165) is 25.8 Å². The smallest absolute Gasteiger partial charge is 0.279 e. The van der Waals surface area contributed by atoms with Gasteiger partial charge in [0.25, 0.3) is 10.2 Å². The third-order valence-corrected chi connectivity index (χ3v) is 5.32. The summed E-state index contributed by atoms with van der Waals surface area (Å²) >= 11 is 0. The fourth-order valence-electron chi connectivity index (χ4n) is 2.71. The Labute approximate surface area is 132 Å². The van der Waals surface area contributed by atoms with E-state index >= 15 is 0 Å². The Balaban J connectivity index is 1.94. The summed E-state index contributed by atoms with van der Waals surface area (Å²) < 4.78 is 36.0. The molecule has 0 amide bonds. The number of nitrogens with one attached hydrogen (secondary N) is 1. The number of rotatable bonds is 8. The molecule has 0 radical (unpaired) electrons. The van der Waals surface area contributed by atoms with Crippen molar-refractivity contribution in [1.29, 1.82) is 0 Å². The molecular weight excluding hydrogens is 306 g/mol. The summed E-state index contributed by atoms with van der Waals surface area (Å²) in [6, 6.07) is 0. The number of methoxy groups -OCH3 is 1. The highest BCUT2D eigenvalue weighted by Crippen LogP contribution is 2.18. The van der Waals surface area contributed by atoms with E-state index < -0.39 is 10.2 Å². The van der Waals surface area contributed by atoms with Crippen molar-refractivity contribution < 1.29 is 13.2 Å². The molecule has 2 rings (SSSR count). The van der Waals surface area contributed by atoms with Crippen LogP contribution in [0.15, 0.2) is 6.33 Å². The average Bonchev–Trinajstić information content (AvgIpc) is 2.94. The number of piperidine rings is 1. The predicted molar refractivity (Wildman–Crippen MR) is 82.2 cm³/mol. The molecule has 1 unspecified atom stereocenters.